The normalized spacial score (nSPS) is 26.0. The summed E-state index contributed by atoms with van der Waals surface area (Å²) in [5.74, 6) is -1.10. The third-order valence-electron chi connectivity index (χ3n) is 5.88. The molecule has 27 heavy (non-hydrogen) atoms. The van der Waals surface area contributed by atoms with Crippen LogP contribution < -0.4 is 0 Å². The highest BCUT2D eigenvalue weighted by Gasteiger charge is 2.43. The predicted octanol–water partition coefficient (Wildman–Crippen LogP) is 5.01. The number of carbonyl (C=O) groups excluding carboxylic acids is 2. The van der Waals surface area contributed by atoms with Gasteiger partial charge in [0.05, 0.1) is 0 Å². The van der Waals surface area contributed by atoms with Gasteiger partial charge in [0.1, 0.15) is 12.0 Å². The first-order chi connectivity index (χ1) is 13.0. The third kappa shape index (κ3) is 3.60. The first kappa shape index (κ1) is 18.4. The standard InChI is InChI=1S/C22H24ClNO3/c1-13-19(22(26)27-16-8-2-3-9-16)20(14-6-4-7-15(23)12-14)21-17(24-13)10-5-11-18(21)25/h4,6-7,12,16,19-20H,2-3,5,8-11H2,1H3/t19?,20-/m1/s1. The number of benzene rings is 1. The largest absolute Gasteiger partial charge is 0.462 e. The van der Waals surface area contributed by atoms with E-state index < -0.39 is 5.92 Å². The molecule has 4 rings (SSSR count). The molecule has 4 nitrogen and oxygen atoms in total. The number of carbonyl (C=O) groups is 2. The number of hydrogen-bond donors (Lipinski definition) is 0. The van der Waals surface area contributed by atoms with E-state index in [9.17, 15) is 9.59 Å². The average Bonchev–Trinajstić information content (AvgIpc) is 3.13. The molecule has 0 spiro atoms. The van der Waals surface area contributed by atoms with Crippen LogP contribution in [0.1, 0.15) is 63.4 Å². The molecule has 1 fully saturated rings. The molecule has 1 aromatic carbocycles. The number of nitrogens with zero attached hydrogens (tertiary/aromatic N) is 1. The Morgan fingerprint density at radius 3 is 2.70 bits per heavy atom. The number of halogens is 1. The van der Waals surface area contributed by atoms with Crippen LogP contribution in [0.4, 0.5) is 0 Å². The van der Waals surface area contributed by atoms with Crippen LogP contribution in [0, 0.1) is 5.92 Å². The molecule has 2 aliphatic carbocycles. The molecular formula is C22H24ClNO3. The molecular weight excluding hydrogens is 362 g/mol. The Morgan fingerprint density at radius 2 is 1.96 bits per heavy atom. The molecule has 2 atom stereocenters. The molecule has 5 heteroatoms. The Kier molecular flexibility index (Phi) is 5.18. The van der Waals surface area contributed by atoms with E-state index in [4.69, 9.17) is 16.3 Å². The molecule has 142 valence electrons. The highest BCUT2D eigenvalue weighted by molar-refractivity contribution is 6.30. The van der Waals surface area contributed by atoms with Gasteiger partial charge in [-0.1, -0.05) is 23.7 Å². The van der Waals surface area contributed by atoms with E-state index in [1.54, 1.807) is 6.07 Å². The quantitative estimate of drug-likeness (QED) is 0.687. The van der Waals surface area contributed by atoms with Gasteiger partial charge in [-0.3, -0.25) is 14.6 Å². The van der Waals surface area contributed by atoms with Crippen molar-refractivity contribution in [2.75, 3.05) is 0 Å². The van der Waals surface area contributed by atoms with Gasteiger partial charge in [0.2, 0.25) is 0 Å². The molecule has 0 saturated heterocycles. The molecule has 1 aliphatic heterocycles. The molecule has 1 unspecified atom stereocenters. The van der Waals surface area contributed by atoms with Crippen molar-refractivity contribution in [3.63, 3.8) is 0 Å². The smallest absolute Gasteiger partial charge is 0.315 e. The van der Waals surface area contributed by atoms with Crippen LogP contribution >= 0.6 is 11.6 Å². The maximum Gasteiger partial charge on any atom is 0.315 e. The molecule has 1 aromatic rings. The van der Waals surface area contributed by atoms with E-state index in [-0.39, 0.29) is 23.8 Å². The summed E-state index contributed by atoms with van der Waals surface area (Å²) in [6, 6.07) is 7.47. The zero-order chi connectivity index (χ0) is 19.0. The fourth-order valence-corrected chi connectivity index (χ4v) is 4.81. The minimum absolute atomic E-state index is 0.0113. The molecule has 0 N–H and O–H groups in total. The molecule has 1 heterocycles. The second-order valence-electron chi connectivity index (χ2n) is 7.74. The van der Waals surface area contributed by atoms with Crippen LogP contribution in [0.3, 0.4) is 0 Å². The monoisotopic (exact) mass is 385 g/mol. The van der Waals surface area contributed by atoms with E-state index in [2.05, 4.69) is 4.99 Å². The molecule has 1 saturated carbocycles. The van der Waals surface area contributed by atoms with Crippen LogP contribution in [0.15, 0.2) is 40.5 Å². The lowest BCUT2D eigenvalue weighted by Crippen LogP contribution is -2.38. The van der Waals surface area contributed by atoms with E-state index >= 15 is 0 Å². The fraction of sp³-hybridized carbons (Fsp3) is 0.500. The summed E-state index contributed by atoms with van der Waals surface area (Å²) in [6.07, 6.45) is 6.13. The molecule has 3 aliphatic rings. The first-order valence-electron chi connectivity index (χ1n) is 9.82. The Hall–Kier alpha value is -1.94. The summed E-state index contributed by atoms with van der Waals surface area (Å²) in [4.78, 5) is 30.6. The van der Waals surface area contributed by atoms with Crippen molar-refractivity contribution >= 4 is 29.1 Å². The van der Waals surface area contributed by atoms with Crippen molar-refractivity contribution in [1.82, 2.24) is 0 Å². The van der Waals surface area contributed by atoms with Crippen molar-refractivity contribution in [3.8, 4) is 0 Å². The molecule has 0 radical (unpaired) electrons. The summed E-state index contributed by atoms with van der Waals surface area (Å²) in [5, 5.41) is 0.598. The highest BCUT2D eigenvalue weighted by Crippen LogP contribution is 2.44. The predicted molar refractivity (Wildman–Crippen MR) is 105 cm³/mol. The van der Waals surface area contributed by atoms with E-state index in [0.29, 0.717) is 17.0 Å². The second-order valence-corrected chi connectivity index (χ2v) is 8.18. The minimum atomic E-state index is -0.565. The van der Waals surface area contributed by atoms with Crippen molar-refractivity contribution in [3.05, 3.63) is 46.1 Å². The van der Waals surface area contributed by atoms with Gasteiger partial charge in [-0.15, -0.1) is 0 Å². The highest BCUT2D eigenvalue weighted by atomic mass is 35.5. The number of Topliss-reactive ketones (excluding diaryl/α,β-unsaturated/α-hetero) is 1. The third-order valence-corrected chi connectivity index (χ3v) is 6.12. The Morgan fingerprint density at radius 1 is 1.19 bits per heavy atom. The number of rotatable bonds is 3. The van der Waals surface area contributed by atoms with Gasteiger partial charge in [-0.2, -0.15) is 0 Å². The number of aliphatic imine (C=N–C) groups is 1. The van der Waals surface area contributed by atoms with Gasteiger partial charge in [0.25, 0.3) is 0 Å². The number of ether oxygens (including phenoxy) is 1. The topological polar surface area (TPSA) is 55.7 Å². The lowest BCUT2D eigenvalue weighted by molar-refractivity contribution is -0.151. The SMILES string of the molecule is CC1=NC2=C(C(=O)CCC2)[C@H](c2cccc(Cl)c2)C1C(=O)OC1CCCC1. The van der Waals surface area contributed by atoms with Gasteiger partial charge in [-0.25, -0.2) is 0 Å². The van der Waals surface area contributed by atoms with Gasteiger partial charge < -0.3 is 4.74 Å². The second kappa shape index (κ2) is 7.59. The minimum Gasteiger partial charge on any atom is -0.462 e. The summed E-state index contributed by atoms with van der Waals surface area (Å²) < 4.78 is 5.83. The van der Waals surface area contributed by atoms with Crippen molar-refractivity contribution in [2.24, 2.45) is 10.9 Å². The van der Waals surface area contributed by atoms with Crippen molar-refractivity contribution in [2.45, 2.75) is 63.9 Å². The number of ketones is 1. The zero-order valence-electron chi connectivity index (χ0n) is 15.5. The van der Waals surface area contributed by atoms with E-state index in [1.165, 1.54) is 0 Å². The molecule has 0 bridgehead atoms. The molecule has 0 aromatic heterocycles. The first-order valence-corrected chi connectivity index (χ1v) is 10.2. The maximum atomic E-state index is 13.1. The number of hydrogen-bond acceptors (Lipinski definition) is 4. The lowest BCUT2D eigenvalue weighted by Gasteiger charge is -2.35. The van der Waals surface area contributed by atoms with Crippen LogP contribution in [0.2, 0.25) is 5.02 Å². The summed E-state index contributed by atoms with van der Waals surface area (Å²) in [6.45, 7) is 1.88. The number of esters is 1. The van der Waals surface area contributed by atoms with Crippen LogP contribution in [0.5, 0.6) is 0 Å². The van der Waals surface area contributed by atoms with Crippen LogP contribution in [0.25, 0.3) is 0 Å². The van der Waals surface area contributed by atoms with E-state index in [1.807, 2.05) is 25.1 Å². The van der Waals surface area contributed by atoms with Crippen molar-refractivity contribution < 1.29 is 14.3 Å². The maximum absolute atomic E-state index is 13.1. The average molecular weight is 386 g/mol. The van der Waals surface area contributed by atoms with Gasteiger partial charge in [0, 0.05) is 34.3 Å². The summed E-state index contributed by atoms with van der Waals surface area (Å²) >= 11 is 6.23. The van der Waals surface area contributed by atoms with Crippen LogP contribution in [-0.4, -0.2) is 23.6 Å². The fourth-order valence-electron chi connectivity index (χ4n) is 4.62. The van der Waals surface area contributed by atoms with Gasteiger partial charge in [-0.05, 0) is 63.1 Å². The zero-order valence-corrected chi connectivity index (χ0v) is 16.3. The number of allylic oxidation sites excluding steroid dienone is 2. The Bertz CT molecular complexity index is 836. The summed E-state index contributed by atoms with van der Waals surface area (Å²) in [5.41, 5.74) is 3.13. The van der Waals surface area contributed by atoms with Gasteiger partial charge in [0.15, 0.2) is 5.78 Å². The molecule has 0 amide bonds. The Balaban J connectivity index is 1.76. The summed E-state index contributed by atoms with van der Waals surface area (Å²) in [7, 11) is 0. The van der Waals surface area contributed by atoms with Crippen LogP contribution in [-0.2, 0) is 14.3 Å². The van der Waals surface area contributed by atoms with E-state index in [0.717, 1.165) is 55.5 Å². The lowest BCUT2D eigenvalue weighted by atomic mass is 9.72. The Labute approximate surface area is 164 Å². The van der Waals surface area contributed by atoms with Crippen molar-refractivity contribution in [1.29, 1.82) is 0 Å². The van der Waals surface area contributed by atoms with Gasteiger partial charge >= 0.3 is 5.97 Å².